The molecule has 1 amide bonds. The molecule has 0 aliphatic rings. The van der Waals surface area contributed by atoms with Crippen molar-refractivity contribution in [3.05, 3.63) is 65.4 Å². The maximum Gasteiger partial charge on any atom is 0.294 e. The Morgan fingerprint density at radius 3 is 2.55 bits per heavy atom. The lowest BCUT2D eigenvalue weighted by molar-refractivity contribution is 0.0950. The van der Waals surface area contributed by atoms with Gasteiger partial charge in [-0.15, -0.1) is 5.10 Å². The Hall–Kier alpha value is -4.54. The third-order valence-corrected chi connectivity index (χ3v) is 4.79. The summed E-state index contributed by atoms with van der Waals surface area (Å²) >= 11 is 0. The Balaban J connectivity index is 1.64. The summed E-state index contributed by atoms with van der Waals surface area (Å²) in [7, 11) is 0. The van der Waals surface area contributed by atoms with Gasteiger partial charge in [0.1, 0.15) is 11.4 Å². The van der Waals surface area contributed by atoms with Gasteiger partial charge in [-0.05, 0) is 59.1 Å². The molecule has 0 atom stereocenters. The van der Waals surface area contributed by atoms with Gasteiger partial charge in [0.25, 0.3) is 5.91 Å². The first-order valence-corrected chi connectivity index (χ1v) is 10.3. The van der Waals surface area contributed by atoms with E-state index in [4.69, 9.17) is 10.5 Å². The summed E-state index contributed by atoms with van der Waals surface area (Å²) in [5, 5.41) is 19.5. The van der Waals surface area contributed by atoms with Crippen molar-refractivity contribution in [2.24, 2.45) is 5.10 Å². The molecule has 0 aliphatic heterocycles. The van der Waals surface area contributed by atoms with Crippen LogP contribution in [0.15, 0.2) is 58.3 Å². The molecule has 0 spiro atoms. The highest BCUT2D eigenvalue weighted by Gasteiger charge is 2.25. The van der Waals surface area contributed by atoms with Crippen LogP contribution in [0.5, 0.6) is 5.75 Å². The lowest BCUT2D eigenvalue weighted by Gasteiger charge is -2.07. The second-order valence-electron chi connectivity index (χ2n) is 6.92. The maximum absolute atomic E-state index is 12.9. The Labute approximate surface area is 189 Å². The molecule has 0 unspecified atom stereocenters. The number of ether oxygens (including phenoxy) is 1. The number of aromatic nitrogens is 5. The predicted octanol–water partition coefficient (Wildman–Crippen LogP) is 2.62. The molecule has 0 radical (unpaired) electrons. The van der Waals surface area contributed by atoms with Crippen LogP contribution in [0.25, 0.3) is 17.1 Å². The van der Waals surface area contributed by atoms with Crippen LogP contribution in [0.3, 0.4) is 0 Å². The van der Waals surface area contributed by atoms with Crippen LogP contribution in [0.1, 0.15) is 35.5 Å². The number of nitrogens with one attached hydrogen (secondary N) is 1. The fourth-order valence-corrected chi connectivity index (χ4v) is 3.11. The van der Waals surface area contributed by atoms with Gasteiger partial charge in [-0.3, -0.25) is 4.79 Å². The number of hydrogen-bond acceptors (Lipinski definition) is 9. The van der Waals surface area contributed by atoms with E-state index in [2.05, 4.69) is 42.7 Å². The van der Waals surface area contributed by atoms with E-state index in [0.717, 1.165) is 12.0 Å². The lowest BCUT2D eigenvalue weighted by Crippen LogP contribution is -2.19. The van der Waals surface area contributed by atoms with Gasteiger partial charge in [-0.2, -0.15) is 9.78 Å². The minimum atomic E-state index is -0.554. The first kappa shape index (κ1) is 21.7. The normalized spacial score (nSPS) is 11.1. The van der Waals surface area contributed by atoms with Crippen molar-refractivity contribution >= 4 is 17.9 Å². The number of benzene rings is 2. The smallest absolute Gasteiger partial charge is 0.294 e. The van der Waals surface area contributed by atoms with Gasteiger partial charge in [-0.1, -0.05) is 36.4 Å². The summed E-state index contributed by atoms with van der Waals surface area (Å²) in [5.41, 5.74) is 11.4. The molecule has 0 saturated heterocycles. The predicted molar refractivity (Wildman–Crippen MR) is 121 cm³/mol. The maximum atomic E-state index is 12.9. The highest BCUT2D eigenvalue weighted by atomic mass is 16.6. The minimum absolute atomic E-state index is 0.00703. The van der Waals surface area contributed by atoms with Crippen LogP contribution in [-0.4, -0.2) is 44.0 Å². The molecule has 2 heterocycles. The van der Waals surface area contributed by atoms with Gasteiger partial charge in [0.15, 0.2) is 5.69 Å². The van der Waals surface area contributed by atoms with E-state index in [1.165, 1.54) is 10.2 Å². The molecule has 0 aliphatic carbocycles. The highest BCUT2D eigenvalue weighted by molar-refractivity contribution is 5.98. The average molecular weight is 446 g/mol. The molecule has 2 aromatic heterocycles. The van der Waals surface area contributed by atoms with Gasteiger partial charge in [-0.25, -0.2) is 10.1 Å². The van der Waals surface area contributed by atoms with Crippen molar-refractivity contribution in [2.75, 3.05) is 12.3 Å². The molecular formula is C22H22N8O3. The number of hydrazone groups is 1. The van der Waals surface area contributed by atoms with E-state index >= 15 is 0 Å². The zero-order chi connectivity index (χ0) is 23.2. The average Bonchev–Trinajstić information content (AvgIpc) is 3.46. The summed E-state index contributed by atoms with van der Waals surface area (Å²) in [6, 6.07) is 15.0. The molecule has 168 valence electrons. The van der Waals surface area contributed by atoms with E-state index in [0.29, 0.717) is 23.6 Å². The van der Waals surface area contributed by atoms with Crippen LogP contribution in [0.4, 0.5) is 5.82 Å². The molecular weight excluding hydrogens is 424 g/mol. The van der Waals surface area contributed by atoms with Gasteiger partial charge < -0.3 is 10.5 Å². The minimum Gasteiger partial charge on any atom is -0.494 e. The molecule has 4 rings (SSSR count). The van der Waals surface area contributed by atoms with Gasteiger partial charge >= 0.3 is 0 Å². The molecule has 0 bridgehead atoms. The second kappa shape index (κ2) is 9.73. The van der Waals surface area contributed by atoms with Crippen LogP contribution in [0.2, 0.25) is 0 Å². The molecule has 11 nitrogen and oxygen atoms in total. The van der Waals surface area contributed by atoms with Crippen LogP contribution < -0.4 is 15.9 Å². The highest BCUT2D eigenvalue weighted by Crippen LogP contribution is 2.28. The van der Waals surface area contributed by atoms with Crippen molar-refractivity contribution in [1.29, 1.82) is 0 Å². The number of aryl methyl sites for hydroxylation is 1. The largest absolute Gasteiger partial charge is 0.494 e. The molecule has 0 saturated carbocycles. The number of nitrogens with zero attached hydrogens (tertiary/aromatic N) is 6. The van der Waals surface area contributed by atoms with Crippen LogP contribution in [-0.2, 0) is 6.42 Å². The number of nitrogens with two attached hydrogens (primary N) is 1. The Kier molecular flexibility index (Phi) is 6.39. The topological polar surface area (TPSA) is 146 Å². The third kappa shape index (κ3) is 4.71. The van der Waals surface area contributed by atoms with Crippen molar-refractivity contribution in [1.82, 2.24) is 30.7 Å². The van der Waals surface area contributed by atoms with Crippen LogP contribution in [0, 0.1) is 0 Å². The fourth-order valence-electron chi connectivity index (χ4n) is 3.11. The lowest BCUT2D eigenvalue weighted by atomic mass is 10.1. The number of nitrogen functional groups attached to an aromatic ring is 1. The van der Waals surface area contributed by atoms with E-state index in [1.54, 1.807) is 30.5 Å². The van der Waals surface area contributed by atoms with Crippen molar-refractivity contribution in [3.8, 4) is 22.8 Å². The summed E-state index contributed by atoms with van der Waals surface area (Å²) in [6.45, 7) is 4.52. The third-order valence-electron chi connectivity index (χ3n) is 4.79. The molecule has 33 heavy (non-hydrogen) atoms. The molecule has 2 aromatic carbocycles. The summed E-state index contributed by atoms with van der Waals surface area (Å²) in [6.07, 6.45) is 2.50. The van der Waals surface area contributed by atoms with Crippen molar-refractivity contribution in [3.63, 3.8) is 0 Å². The Morgan fingerprint density at radius 1 is 1.15 bits per heavy atom. The molecule has 11 heteroatoms. The second-order valence-corrected chi connectivity index (χ2v) is 6.92. The summed E-state index contributed by atoms with van der Waals surface area (Å²) in [5.74, 6) is 0.256. The number of carbonyl (C=O) groups excluding carboxylic acids is 1. The monoisotopic (exact) mass is 446 g/mol. The molecule has 3 N–H and O–H groups in total. The van der Waals surface area contributed by atoms with Crippen molar-refractivity contribution in [2.45, 2.75) is 20.3 Å². The molecule has 4 aromatic rings. The van der Waals surface area contributed by atoms with E-state index < -0.39 is 5.91 Å². The Bertz CT molecular complexity index is 1260. The van der Waals surface area contributed by atoms with Crippen LogP contribution >= 0.6 is 0 Å². The number of hydrogen-bond donors (Lipinski definition) is 2. The van der Waals surface area contributed by atoms with E-state index in [-0.39, 0.29) is 17.3 Å². The van der Waals surface area contributed by atoms with E-state index in [1.807, 2.05) is 31.2 Å². The fraction of sp³-hybridized carbons (Fsp3) is 0.182. The van der Waals surface area contributed by atoms with Gasteiger partial charge in [0.2, 0.25) is 11.6 Å². The number of amides is 1. The standard InChI is InChI=1S/C22H22N8O3/c1-3-14-5-7-15(8-6-14)13-24-26-22(31)18-19(16-9-11-17(12-10-16)32-4-2)30(29-25-18)21-20(23)27-33-28-21/h5-13H,3-4H2,1-2H3,(H2,23,27)(H,26,31)/b24-13+. The van der Waals surface area contributed by atoms with Gasteiger partial charge in [0.05, 0.1) is 12.8 Å². The van der Waals surface area contributed by atoms with Gasteiger partial charge in [0, 0.05) is 5.56 Å². The summed E-state index contributed by atoms with van der Waals surface area (Å²) in [4.78, 5) is 12.9. The first-order valence-electron chi connectivity index (χ1n) is 10.3. The SMILES string of the molecule is CCOc1ccc(-c2c(C(=O)N/N=C/c3ccc(CC)cc3)nnn2-c2nonc2N)cc1. The number of carbonyl (C=O) groups is 1. The Morgan fingerprint density at radius 2 is 1.91 bits per heavy atom. The zero-order valence-electron chi connectivity index (χ0n) is 18.1. The van der Waals surface area contributed by atoms with Crippen molar-refractivity contribution < 1.29 is 14.2 Å². The number of rotatable bonds is 8. The van der Waals surface area contributed by atoms with E-state index in [9.17, 15) is 4.79 Å². The molecule has 0 fully saturated rings. The summed E-state index contributed by atoms with van der Waals surface area (Å²) < 4.78 is 11.5. The number of anilines is 1. The zero-order valence-corrected chi connectivity index (χ0v) is 18.1. The quantitative estimate of drug-likeness (QED) is 0.310. The first-order chi connectivity index (χ1) is 16.1.